The number of esters is 1. The first kappa shape index (κ1) is 15.3. The van der Waals surface area contributed by atoms with E-state index in [0.717, 1.165) is 29.3 Å². The number of nitrogens with one attached hydrogen (secondary N) is 1. The topological polar surface area (TPSA) is 55.4 Å². The van der Waals surface area contributed by atoms with Gasteiger partial charge in [0.05, 0.1) is 5.56 Å². The van der Waals surface area contributed by atoms with Crippen molar-refractivity contribution in [1.82, 2.24) is 5.32 Å². The summed E-state index contributed by atoms with van der Waals surface area (Å²) < 4.78 is 6.24. The maximum Gasteiger partial charge on any atom is 0.338 e. The van der Waals surface area contributed by atoms with Crippen molar-refractivity contribution in [3.05, 3.63) is 33.4 Å². The van der Waals surface area contributed by atoms with E-state index in [2.05, 4.69) is 27.9 Å². The first-order valence-corrected chi connectivity index (χ1v) is 7.91. The molecule has 0 unspecified atom stereocenters. The highest BCUT2D eigenvalue weighted by atomic mass is 127. The first-order valence-electron chi connectivity index (χ1n) is 6.83. The maximum absolute atomic E-state index is 11.9. The average molecular weight is 387 g/mol. The van der Waals surface area contributed by atoms with Crippen molar-refractivity contribution in [2.24, 2.45) is 0 Å². The standard InChI is InChI=1S/C15H18INO3/c1-10(14(18)17-13-4-2-3-5-13)20-15(19)11-6-8-12(16)9-7-11/h6-10,13H,2-5H2,1H3,(H,17,18)/t10-/m0/s1. The Bertz CT molecular complexity index is 480. The summed E-state index contributed by atoms with van der Waals surface area (Å²) in [7, 11) is 0. The van der Waals surface area contributed by atoms with Gasteiger partial charge in [0.1, 0.15) is 0 Å². The number of ether oxygens (including phenoxy) is 1. The lowest BCUT2D eigenvalue weighted by atomic mass is 10.2. The van der Waals surface area contributed by atoms with Crippen molar-refractivity contribution in [1.29, 1.82) is 0 Å². The largest absolute Gasteiger partial charge is 0.449 e. The zero-order chi connectivity index (χ0) is 14.5. The van der Waals surface area contributed by atoms with Gasteiger partial charge in [-0.2, -0.15) is 0 Å². The van der Waals surface area contributed by atoms with E-state index >= 15 is 0 Å². The quantitative estimate of drug-likeness (QED) is 0.639. The third kappa shape index (κ3) is 4.19. The van der Waals surface area contributed by atoms with Gasteiger partial charge in [-0.05, 0) is 66.6 Å². The van der Waals surface area contributed by atoms with Crippen molar-refractivity contribution in [2.75, 3.05) is 0 Å². The molecule has 0 saturated heterocycles. The first-order chi connectivity index (χ1) is 9.56. The summed E-state index contributed by atoms with van der Waals surface area (Å²) in [6, 6.07) is 7.31. The van der Waals surface area contributed by atoms with Crippen LogP contribution in [0, 0.1) is 3.57 Å². The van der Waals surface area contributed by atoms with Gasteiger partial charge in [0.25, 0.3) is 5.91 Å². The Morgan fingerprint density at radius 1 is 1.25 bits per heavy atom. The Balaban J connectivity index is 1.86. The molecule has 1 aromatic rings. The molecule has 1 fully saturated rings. The van der Waals surface area contributed by atoms with E-state index in [4.69, 9.17) is 4.74 Å². The average Bonchev–Trinajstić information content (AvgIpc) is 2.92. The lowest BCUT2D eigenvalue weighted by molar-refractivity contribution is -0.129. The number of carbonyl (C=O) groups excluding carboxylic acids is 2. The predicted molar refractivity (Wildman–Crippen MR) is 84.4 cm³/mol. The summed E-state index contributed by atoms with van der Waals surface area (Å²) in [6.07, 6.45) is 3.58. The Morgan fingerprint density at radius 3 is 2.45 bits per heavy atom. The molecule has 5 heteroatoms. The van der Waals surface area contributed by atoms with Crippen molar-refractivity contribution >= 4 is 34.5 Å². The van der Waals surface area contributed by atoms with E-state index in [-0.39, 0.29) is 11.9 Å². The van der Waals surface area contributed by atoms with Crippen LogP contribution in [0.1, 0.15) is 43.0 Å². The molecule has 108 valence electrons. The van der Waals surface area contributed by atoms with E-state index < -0.39 is 12.1 Å². The van der Waals surface area contributed by atoms with Crippen LogP contribution in [0.25, 0.3) is 0 Å². The van der Waals surface area contributed by atoms with Gasteiger partial charge in [-0.15, -0.1) is 0 Å². The zero-order valence-corrected chi connectivity index (χ0v) is 13.6. The molecule has 0 bridgehead atoms. The molecule has 1 atom stereocenters. The van der Waals surface area contributed by atoms with Crippen LogP contribution in [0.5, 0.6) is 0 Å². The molecule has 20 heavy (non-hydrogen) atoms. The molecule has 1 saturated carbocycles. The monoisotopic (exact) mass is 387 g/mol. The summed E-state index contributed by atoms with van der Waals surface area (Å²) in [4.78, 5) is 23.8. The fraction of sp³-hybridized carbons (Fsp3) is 0.467. The number of hydrogen-bond acceptors (Lipinski definition) is 3. The molecule has 1 aliphatic rings. The summed E-state index contributed by atoms with van der Waals surface area (Å²) in [6.45, 7) is 1.61. The van der Waals surface area contributed by atoms with Crippen LogP contribution in [0.3, 0.4) is 0 Å². The van der Waals surface area contributed by atoms with Gasteiger partial charge in [0, 0.05) is 9.61 Å². The lowest BCUT2D eigenvalue weighted by Gasteiger charge is -2.17. The minimum Gasteiger partial charge on any atom is -0.449 e. The molecule has 0 radical (unpaired) electrons. The Kier molecular flexibility index (Phi) is 5.39. The SMILES string of the molecule is C[C@H](OC(=O)c1ccc(I)cc1)C(=O)NC1CCCC1. The van der Waals surface area contributed by atoms with Gasteiger partial charge in [-0.1, -0.05) is 12.8 Å². The lowest BCUT2D eigenvalue weighted by Crippen LogP contribution is -2.40. The third-order valence-corrected chi connectivity index (χ3v) is 4.15. The second-order valence-corrected chi connectivity index (χ2v) is 6.29. The van der Waals surface area contributed by atoms with Gasteiger partial charge < -0.3 is 10.1 Å². The van der Waals surface area contributed by atoms with Crippen molar-refractivity contribution in [3.63, 3.8) is 0 Å². The van der Waals surface area contributed by atoms with Crippen molar-refractivity contribution in [2.45, 2.75) is 44.8 Å². The molecule has 1 aliphatic carbocycles. The highest BCUT2D eigenvalue weighted by Gasteiger charge is 2.23. The van der Waals surface area contributed by atoms with Crippen molar-refractivity contribution in [3.8, 4) is 0 Å². The second kappa shape index (κ2) is 7.06. The maximum atomic E-state index is 11.9. The highest BCUT2D eigenvalue weighted by molar-refractivity contribution is 14.1. The second-order valence-electron chi connectivity index (χ2n) is 5.04. The molecule has 4 nitrogen and oxygen atoms in total. The van der Waals surface area contributed by atoms with Crippen LogP contribution < -0.4 is 5.32 Å². The number of hydrogen-bond donors (Lipinski definition) is 1. The van der Waals surface area contributed by atoms with Crippen LogP contribution >= 0.6 is 22.6 Å². The number of carbonyl (C=O) groups is 2. The van der Waals surface area contributed by atoms with Gasteiger partial charge in [0.2, 0.25) is 0 Å². The fourth-order valence-electron chi connectivity index (χ4n) is 2.26. The Morgan fingerprint density at radius 2 is 1.85 bits per heavy atom. The predicted octanol–water partition coefficient (Wildman–Crippen LogP) is 2.90. The minimum absolute atomic E-state index is 0.212. The molecule has 0 spiro atoms. The summed E-state index contributed by atoms with van der Waals surface area (Å²) in [5.41, 5.74) is 0.464. The molecule has 0 aliphatic heterocycles. The number of amides is 1. The Labute approximate surface area is 132 Å². The van der Waals surface area contributed by atoms with Crippen LogP contribution in [0.2, 0.25) is 0 Å². The smallest absolute Gasteiger partial charge is 0.338 e. The number of rotatable bonds is 4. The van der Waals surface area contributed by atoms with E-state index in [9.17, 15) is 9.59 Å². The molecule has 1 N–H and O–H groups in total. The molecular weight excluding hydrogens is 369 g/mol. The molecular formula is C15H18INO3. The molecule has 2 rings (SSSR count). The van der Waals surface area contributed by atoms with Gasteiger partial charge in [0.15, 0.2) is 6.10 Å². The van der Waals surface area contributed by atoms with Crippen LogP contribution in [-0.4, -0.2) is 24.0 Å². The number of halogens is 1. The molecule has 0 aromatic heterocycles. The van der Waals surface area contributed by atoms with Crippen LogP contribution in [-0.2, 0) is 9.53 Å². The number of benzene rings is 1. The molecule has 1 aromatic carbocycles. The van der Waals surface area contributed by atoms with Gasteiger partial charge in [-0.3, -0.25) is 4.79 Å². The van der Waals surface area contributed by atoms with Gasteiger partial charge >= 0.3 is 5.97 Å². The third-order valence-electron chi connectivity index (χ3n) is 3.43. The van der Waals surface area contributed by atoms with Gasteiger partial charge in [-0.25, -0.2) is 4.79 Å². The fourth-order valence-corrected chi connectivity index (χ4v) is 2.62. The minimum atomic E-state index is -0.762. The Hall–Kier alpha value is -1.11. The van der Waals surface area contributed by atoms with E-state index in [0.29, 0.717) is 5.56 Å². The van der Waals surface area contributed by atoms with E-state index in [1.165, 1.54) is 0 Å². The molecule has 0 heterocycles. The van der Waals surface area contributed by atoms with E-state index in [1.807, 2.05) is 12.1 Å². The van der Waals surface area contributed by atoms with Crippen LogP contribution in [0.4, 0.5) is 0 Å². The van der Waals surface area contributed by atoms with Crippen LogP contribution in [0.15, 0.2) is 24.3 Å². The summed E-state index contributed by atoms with van der Waals surface area (Å²) in [5, 5.41) is 2.93. The zero-order valence-electron chi connectivity index (χ0n) is 11.4. The highest BCUT2D eigenvalue weighted by Crippen LogP contribution is 2.18. The van der Waals surface area contributed by atoms with E-state index in [1.54, 1.807) is 19.1 Å². The summed E-state index contributed by atoms with van der Waals surface area (Å²) >= 11 is 2.17. The summed E-state index contributed by atoms with van der Waals surface area (Å²) in [5.74, 6) is -0.675. The molecule has 1 amide bonds. The normalized spacial score (nSPS) is 16.7. The van der Waals surface area contributed by atoms with Crippen molar-refractivity contribution < 1.29 is 14.3 Å².